The van der Waals surface area contributed by atoms with Gasteiger partial charge >= 0.3 is 12.2 Å². The van der Waals surface area contributed by atoms with Crippen LogP contribution in [0.4, 0.5) is 9.59 Å². The first-order chi connectivity index (χ1) is 25.1. The summed E-state index contributed by atoms with van der Waals surface area (Å²) >= 11 is 14.2. The number of rotatable bonds is 11. The third-order valence-electron chi connectivity index (χ3n) is 9.74. The zero-order valence-electron chi connectivity index (χ0n) is 30.9. The second-order valence-corrected chi connectivity index (χ2v) is 16.8. The van der Waals surface area contributed by atoms with E-state index in [2.05, 4.69) is 0 Å². The van der Waals surface area contributed by atoms with Crippen molar-refractivity contribution < 1.29 is 33.7 Å². The highest BCUT2D eigenvalue weighted by molar-refractivity contribution is 7.12. The van der Waals surface area contributed by atoms with Crippen molar-refractivity contribution in [2.24, 2.45) is 0 Å². The molecule has 6 rings (SSSR count). The van der Waals surface area contributed by atoms with Crippen LogP contribution < -0.4 is 9.47 Å². The molecule has 1 aromatic heterocycles. The summed E-state index contributed by atoms with van der Waals surface area (Å²) in [6.45, 7) is 10.1. The number of benzene rings is 2. The zero-order chi connectivity index (χ0) is 38.2. The molecule has 0 spiro atoms. The minimum Gasteiger partial charge on any atom is -0.496 e. The van der Waals surface area contributed by atoms with Gasteiger partial charge in [0.1, 0.15) is 11.4 Å². The van der Waals surface area contributed by atoms with Crippen molar-refractivity contribution in [2.45, 2.75) is 97.0 Å². The van der Waals surface area contributed by atoms with E-state index in [1.165, 1.54) is 16.2 Å². The Labute approximate surface area is 324 Å². The Morgan fingerprint density at radius 3 is 2.45 bits per heavy atom. The van der Waals surface area contributed by atoms with Crippen molar-refractivity contribution in [3.63, 3.8) is 0 Å². The predicted molar refractivity (Wildman–Crippen MR) is 205 cm³/mol. The number of aromatic nitrogens is 1. The Morgan fingerprint density at radius 1 is 1.09 bits per heavy atom. The Morgan fingerprint density at radius 2 is 1.81 bits per heavy atom. The highest BCUT2D eigenvalue weighted by Gasteiger charge is 2.50. The summed E-state index contributed by atoms with van der Waals surface area (Å²) in [6.07, 6.45) is 3.33. The molecule has 1 N–H and O–H groups in total. The van der Waals surface area contributed by atoms with Crippen LogP contribution in [0.3, 0.4) is 0 Å². The summed E-state index contributed by atoms with van der Waals surface area (Å²) in [7, 11) is 1.62. The Bertz CT molecular complexity index is 1900. The van der Waals surface area contributed by atoms with Crippen LogP contribution in [0.15, 0.2) is 42.1 Å². The smallest absolute Gasteiger partial charge is 0.410 e. The molecule has 3 amide bonds. The molecule has 3 aliphatic rings. The fourth-order valence-corrected chi connectivity index (χ4v) is 8.84. The van der Waals surface area contributed by atoms with E-state index in [0.29, 0.717) is 47.4 Å². The van der Waals surface area contributed by atoms with Crippen LogP contribution >= 0.6 is 34.5 Å². The number of aryl methyl sites for hydroxylation is 2. The van der Waals surface area contributed by atoms with Gasteiger partial charge in [0.25, 0.3) is 5.91 Å². The molecule has 1 saturated heterocycles. The van der Waals surface area contributed by atoms with E-state index in [-0.39, 0.29) is 31.5 Å². The number of carbonyl (C=O) groups excluding carboxylic acids is 2. The van der Waals surface area contributed by atoms with Gasteiger partial charge in [-0.3, -0.25) is 9.69 Å². The molecular formula is C39H46Cl2N4O7S. The Hall–Kier alpha value is -4.00. The van der Waals surface area contributed by atoms with Gasteiger partial charge < -0.3 is 29.1 Å². The lowest BCUT2D eigenvalue weighted by atomic mass is 9.83. The molecule has 2 atom stereocenters. The first-order valence-electron chi connectivity index (χ1n) is 17.8. The van der Waals surface area contributed by atoms with E-state index < -0.39 is 29.9 Å². The number of methoxy groups -OCH3 is 1. The average Bonchev–Trinajstić information content (AvgIpc) is 3.81. The number of thiazole rings is 1. The third kappa shape index (κ3) is 8.71. The Kier molecular flexibility index (Phi) is 11.5. The van der Waals surface area contributed by atoms with Crippen molar-refractivity contribution in [3.05, 3.63) is 78.7 Å². The number of nitrogens with zero attached hydrogens (tertiary/aromatic N) is 4. The molecule has 2 bridgehead atoms. The highest BCUT2D eigenvalue weighted by atomic mass is 35.5. The van der Waals surface area contributed by atoms with Crippen LogP contribution in [0.2, 0.25) is 10.0 Å². The molecule has 3 heterocycles. The van der Waals surface area contributed by atoms with E-state index in [1.54, 1.807) is 39.0 Å². The number of carboxylic acid groups (broad SMARTS) is 1. The molecule has 284 valence electrons. The van der Waals surface area contributed by atoms with Gasteiger partial charge in [0.15, 0.2) is 5.75 Å². The van der Waals surface area contributed by atoms with Crippen LogP contribution in [0, 0.1) is 13.8 Å². The highest BCUT2D eigenvalue weighted by Crippen LogP contribution is 2.43. The SMILES string of the molecule is COc1cccc(CN(C(=O)C2=C(c3cnc(CCCOc4c(Cl)cc(C)cc4Cl)s3)CC3CN(C(=O)OC(C)(C)C)CC2N3C(=O)O)C2CC2)c1C. The topological polar surface area (TPSA) is 122 Å². The molecule has 1 saturated carbocycles. The van der Waals surface area contributed by atoms with Crippen LogP contribution in [-0.2, 0) is 22.5 Å². The summed E-state index contributed by atoms with van der Waals surface area (Å²) in [5, 5.41) is 12.3. The number of amides is 3. The number of piperazine rings is 1. The normalized spacial score (nSPS) is 18.6. The second-order valence-electron chi connectivity index (χ2n) is 14.9. The van der Waals surface area contributed by atoms with E-state index in [4.69, 9.17) is 42.4 Å². The van der Waals surface area contributed by atoms with E-state index in [0.717, 1.165) is 50.7 Å². The van der Waals surface area contributed by atoms with E-state index in [9.17, 15) is 14.7 Å². The van der Waals surface area contributed by atoms with Crippen molar-refractivity contribution in [1.29, 1.82) is 0 Å². The molecule has 14 heteroatoms. The molecule has 2 aromatic carbocycles. The van der Waals surface area contributed by atoms with E-state index in [1.807, 2.05) is 49.1 Å². The quantitative estimate of drug-likeness (QED) is 0.193. The molecule has 0 radical (unpaired) electrons. The standard InChI is InChI=1S/C39H46Cl2N4O7S/c1-22-15-28(40)35(29(41)16-22)51-14-8-11-33-42-18-32(53-33)27-17-26-20-43(38(49)52-39(3,4)5)21-30(45(26)37(47)48)34(27)36(46)44(25-12-13-25)19-24-9-7-10-31(50-6)23(24)2/h7,9-10,15-16,18,25-26,30H,8,11-14,17,19-21H2,1-6H3,(H,47,48). The summed E-state index contributed by atoms with van der Waals surface area (Å²) in [6, 6.07) is 7.94. The summed E-state index contributed by atoms with van der Waals surface area (Å²) in [4.78, 5) is 51.7. The first kappa shape index (κ1) is 38.7. The fraction of sp³-hybridized carbons (Fsp3) is 0.487. The molecule has 3 aromatic rings. The molecule has 53 heavy (non-hydrogen) atoms. The molecular weight excluding hydrogens is 739 g/mol. The minimum absolute atomic E-state index is 0.00783. The number of fused-ring (bicyclic) bond motifs is 2. The van der Waals surface area contributed by atoms with Gasteiger partial charge in [0.05, 0.1) is 45.7 Å². The zero-order valence-corrected chi connectivity index (χ0v) is 33.2. The molecule has 1 aliphatic carbocycles. The predicted octanol–water partition coefficient (Wildman–Crippen LogP) is 8.40. The molecule has 2 unspecified atom stereocenters. The molecule has 11 nitrogen and oxygen atoms in total. The monoisotopic (exact) mass is 784 g/mol. The lowest BCUT2D eigenvalue weighted by molar-refractivity contribution is -0.129. The second kappa shape index (κ2) is 15.8. The number of hydrogen-bond acceptors (Lipinski definition) is 8. The van der Waals surface area contributed by atoms with Crippen molar-refractivity contribution >= 4 is 58.2 Å². The number of hydrogen-bond donors (Lipinski definition) is 1. The van der Waals surface area contributed by atoms with Crippen LogP contribution in [0.1, 0.15) is 73.0 Å². The number of halogens is 2. The summed E-state index contributed by atoms with van der Waals surface area (Å²) in [5.74, 6) is 0.949. The fourth-order valence-electron chi connectivity index (χ4n) is 7.11. The van der Waals surface area contributed by atoms with Gasteiger partial charge in [-0.15, -0.1) is 11.3 Å². The van der Waals surface area contributed by atoms with Gasteiger partial charge in [0, 0.05) is 43.9 Å². The minimum atomic E-state index is -1.13. The van der Waals surface area contributed by atoms with Crippen LogP contribution in [0.5, 0.6) is 11.5 Å². The lowest BCUT2D eigenvalue weighted by Gasteiger charge is -2.50. The van der Waals surface area contributed by atoms with Gasteiger partial charge in [-0.1, -0.05) is 35.3 Å². The van der Waals surface area contributed by atoms with Gasteiger partial charge in [-0.05, 0) is 101 Å². The number of ether oxygens (including phenoxy) is 3. The Balaban J connectivity index is 1.33. The van der Waals surface area contributed by atoms with E-state index >= 15 is 4.79 Å². The maximum Gasteiger partial charge on any atom is 0.410 e. The molecule has 2 aliphatic heterocycles. The first-order valence-corrected chi connectivity index (χ1v) is 19.4. The van der Waals surface area contributed by atoms with Crippen molar-refractivity contribution in [3.8, 4) is 11.5 Å². The van der Waals surface area contributed by atoms with Crippen LogP contribution in [-0.4, -0.2) is 93.4 Å². The van der Waals surface area contributed by atoms with Gasteiger partial charge in [0.2, 0.25) is 0 Å². The summed E-state index contributed by atoms with van der Waals surface area (Å²) in [5.41, 5.74) is 3.25. The van der Waals surface area contributed by atoms with Gasteiger partial charge in [-0.25, -0.2) is 14.6 Å². The molecule has 2 fully saturated rings. The third-order valence-corrected chi connectivity index (χ3v) is 11.4. The summed E-state index contributed by atoms with van der Waals surface area (Å²) < 4.78 is 17.2. The van der Waals surface area contributed by atoms with Crippen LogP contribution in [0.25, 0.3) is 5.57 Å². The van der Waals surface area contributed by atoms with Crippen molar-refractivity contribution in [1.82, 2.24) is 19.7 Å². The maximum atomic E-state index is 15.1. The largest absolute Gasteiger partial charge is 0.496 e. The average molecular weight is 786 g/mol. The maximum absolute atomic E-state index is 15.1. The number of carbonyl (C=O) groups is 3. The van der Waals surface area contributed by atoms with Gasteiger partial charge in [-0.2, -0.15) is 0 Å². The van der Waals surface area contributed by atoms with Crippen molar-refractivity contribution in [2.75, 3.05) is 26.8 Å². The lowest BCUT2D eigenvalue weighted by Crippen LogP contribution is -2.65.